The molecule has 0 aromatic heterocycles. The lowest BCUT2D eigenvalue weighted by Gasteiger charge is -2.27. The van der Waals surface area contributed by atoms with Gasteiger partial charge in [0.25, 0.3) is 0 Å². The summed E-state index contributed by atoms with van der Waals surface area (Å²) >= 11 is 0. The Bertz CT molecular complexity index is 414. The minimum atomic E-state index is -0.403. The summed E-state index contributed by atoms with van der Waals surface area (Å²) in [5, 5.41) is 0. The van der Waals surface area contributed by atoms with Crippen LogP contribution in [0.15, 0.2) is 24.3 Å². The Hall–Kier alpha value is -1.35. The van der Waals surface area contributed by atoms with E-state index in [0.29, 0.717) is 0 Å². The molecule has 0 radical (unpaired) electrons. The van der Waals surface area contributed by atoms with Gasteiger partial charge >= 0.3 is 0 Å². The zero-order chi connectivity index (χ0) is 12.4. The Morgan fingerprint density at radius 3 is 2.82 bits per heavy atom. The fraction of sp³-hybridized carbons (Fsp3) is 0.500. The van der Waals surface area contributed by atoms with E-state index in [4.69, 9.17) is 5.73 Å². The maximum Gasteiger partial charge on any atom is 0.239 e. The number of hydrogen-bond donors (Lipinski definition) is 1. The molecule has 1 fully saturated rings. The number of carbonyl (C=O) groups excluding carboxylic acids is 1. The predicted octanol–water partition coefficient (Wildman–Crippen LogP) is 2.01. The van der Waals surface area contributed by atoms with Gasteiger partial charge < -0.3 is 10.6 Å². The van der Waals surface area contributed by atoms with E-state index in [9.17, 15) is 4.79 Å². The molecule has 1 aromatic rings. The van der Waals surface area contributed by atoms with Crippen LogP contribution in [0.1, 0.15) is 36.9 Å². The molecule has 0 bridgehead atoms. The molecule has 1 aliphatic rings. The molecule has 0 saturated carbocycles. The molecule has 3 nitrogen and oxygen atoms in total. The standard InChI is InChI=1S/C14H20N2O/c1-10-6-3-4-7-12(10)13-8-5-9-16(13)14(17)11(2)15/h3-4,6-7,11,13H,5,8-9,15H2,1-2H3/t11-,13?/m0/s1. The van der Waals surface area contributed by atoms with Crippen LogP contribution >= 0.6 is 0 Å². The highest BCUT2D eigenvalue weighted by atomic mass is 16.2. The highest BCUT2D eigenvalue weighted by molar-refractivity contribution is 5.82. The molecule has 2 N–H and O–H groups in total. The second-order valence-corrected chi connectivity index (χ2v) is 4.83. The van der Waals surface area contributed by atoms with Gasteiger partial charge in [0.05, 0.1) is 12.1 Å². The van der Waals surface area contributed by atoms with Gasteiger partial charge in [-0.3, -0.25) is 4.79 Å². The minimum absolute atomic E-state index is 0.0655. The molecule has 1 heterocycles. The lowest BCUT2D eigenvalue weighted by molar-refractivity contribution is -0.133. The van der Waals surface area contributed by atoms with Gasteiger partial charge in [0, 0.05) is 6.54 Å². The fourth-order valence-corrected chi connectivity index (χ4v) is 2.58. The van der Waals surface area contributed by atoms with Crippen molar-refractivity contribution in [3.05, 3.63) is 35.4 Å². The van der Waals surface area contributed by atoms with Gasteiger partial charge in [0.1, 0.15) is 0 Å². The van der Waals surface area contributed by atoms with Gasteiger partial charge in [-0.25, -0.2) is 0 Å². The number of rotatable bonds is 2. The monoisotopic (exact) mass is 232 g/mol. The number of nitrogens with zero attached hydrogens (tertiary/aromatic N) is 1. The van der Waals surface area contributed by atoms with E-state index in [2.05, 4.69) is 19.1 Å². The smallest absolute Gasteiger partial charge is 0.239 e. The Labute approximate surface area is 103 Å². The topological polar surface area (TPSA) is 46.3 Å². The van der Waals surface area contributed by atoms with Crippen molar-refractivity contribution in [3.63, 3.8) is 0 Å². The Balaban J connectivity index is 2.26. The van der Waals surface area contributed by atoms with Crippen LogP contribution in [0.3, 0.4) is 0 Å². The van der Waals surface area contributed by atoms with E-state index in [1.54, 1.807) is 6.92 Å². The van der Waals surface area contributed by atoms with Gasteiger partial charge in [-0.1, -0.05) is 24.3 Å². The lowest BCUT2D eigenvalue weighted by Crippen LogP contribution is -2.41. The summed E-state index contributed by atoms with van der Waals surface area (Å²) < 4.78 is 0. The third-order valence-electron chi connectivity index (χ3n) is 3.47. The van der Waals surface area contributed by atoms with E-state index in [0.717, 1.165) is 19.4 Å². The van der Waals surface area contributed by atoms with E-state index >= 15 is 0 Å². The number of likely N-dealkylation sites (tertiary alicyclic amines) is 1. The first kappa shape index (κ1) is 12.1. The van der Waals surface area contributed by atoms with Crippen molar-refractivity contribution in [2.75, 3.05) is 6.54 Å². The molecule has 92 valence electrons. The molecular formula is C14H20N2O. The number of benzene rings is 1. The zero-order valence-electron chi connectivity index (χ0n) is 10.5. The normalized spacial score (nSPS) is 21.6. The van der Waals surface area contributed by atoms with E-state index in [1.807, 2.05) is 17.0 Å². The number of carbonyl (C=O) groups is 1. The summed E-state index contributed by atoms with van der Waals surface area (Å²) in [7, 11) is 0. The molecule has 2 atom stereocenters. The number of nitrogens with two attached hydrogens (primary N) is 1. The van der Waals surface area contributed by atoms with E-state index in [1.165, 1.54) is 11.1 Å². The summed E-state index contributed by atoms with van der Waals surface area (Å²) in [6, 6.07) is 8.10. The van der Waals surface area contributed by atoms with Crippen molar-refractivity contribution in [2.24, 2.45) is 5.73 Å². The van der Waals surface area contributed by atoms with E-state index < -0.39 is 6.04 Å². The summed E-state index contributed by atoms with van der Waals surface area (Å²) in [4.78, 5) is 14.0. The summed E-state index contributed by atoms with van der Waals surface area (Å²) in [6.45, 7) is 4.69. The predicted molar refractivity (Wildman–Crippen MR) is 68.5 cm³/mol. The van der Waals surface area contributed by atoms with Gasteiger partial charge in [0.15, 0.2) is 0 Å². The SMILES string of the molecule is Cc1ccccc1C1CCCN1C(=O)[C@H](C)N. The van der Waals surface area contributed by atoms with Gasteiger partial charge in [-0.2, -0.15) is 0 Å². The zero-order valence-corrected chi connectivity index (χ0v) is 10.5. The van der Waals surface area contributed by atoms with Crippen LogP contribution in [-0.4, -0.2) is 23.4 Å². The number of aryl methyl sites for hydroxylation is 1. The largest absolute Gasteiger partial charge is 0.334 e. The van der Waals surface area contributed by atoms with Crippen LogP contribution < -0.4 is 5.73 Å². The van der Waals surface area contributed by atoms with Crippen molar-refractivity contribution in [2.45, 2.75) is 38.8 Å². The summed E-state index contributed by atoms with van der Waals surface area (Å²) in [6.07, 6.45) is 2.11. The van der Waals surface area contributed by atoms with Crippen molar-refractivity contribution < 1.29 is 4.79 Å². The maximum absolute atomic E-state index is 12.0. The summed E-state index contributed by atoms with van der Waals surface area (Å²) in [5.74, 6) is 0.0655. The maximum atomic E-state index is 12.0. The van der Waals surface area contributed by atoms with Crippen molar-refractivity contribution in [1.82, 2.24) is 4.90 Å². The molecule has 1 amide bonds. The van der Waals surface area contributed by atoms with Crippen LogP contribution in [0, 0.1) is 6.92 Å². The summed E-state index contributed by atoms with van der Waals surface area (Å²) in [5.41, 5.74) is 8.22. The molecule has 0 spiro atoms. The van der Waals surface area contributed by atoms with Gasteiger partial charge in [-0.05, 0) is 37.8 Å². The van der Waals surface area contributed by atoms with Crippen molar-refractivity contribution in [1.29, 1.82) is 0 Å². The van der Waals surface area contributed by atoms with Crippen LogP contribution in [0.2, 0.25) is 0 Å². The average Bonchev–Trinajstić information content (AvgIpc) is 2.77. The van der Waals surface area contributed by atoms with Crippen LogP contribution in [-0.2, 0) is 4.79 Å². The third-order valence-corrected chi connectivity index (χ3v) is 3.47. The first-order valence-corrected chi connectivity index (χ1v) is 6.23. The first-order chi connectivity index (χ1) is 8.11. The van der Waals surface area contributed by atoms with E-state index in [-0.39, 0.29) is 11.9 Å². The Kier molecular flexibility index (Phi) is 3.48. The quantitative estimate of drug-likeness (QED) is 0.847. The lowest BCUT2D eigenvalue weighted by atomic mass is 9.99. The van der Waals surface area contributed by atoms with Crippen molar-refractivity contribution in [3.8, 4) is 0 Å². The fourth-order valence-electron chi connectivity index (χ4n) is 2.58. The molecule has 3 heteroatoms. The molecule has 0 aliphatic carbocycles. The van der Waals surface area contributed by atoms with Gasteiger partial charge in [-0.15, -0.1) is 0 Å². The molecule has 1 saturated heterocycles. The minimum Gasteiger partial charge on any atom is -0.334 e. The Morgan fingerprint density at radius 1 is 1.47 bits per heavy atom. The van der Waals surface area contributed by atoms with Crippen molar-refractivity contribution >= 4 is 5.91 Å². The number of amides is 1. The molecular weight excluding hydrogens is 212 g/mol. The highest BCUT2D eigenvalue weighted by Gasteiger charge is 2.31. The third kappa shape index (κ3) is 2.34. The first-order valence-electron chi connectivity index (χ1n) is 6.23. The van der Waals surface area contributed by atoms with Crippen LogP contribution in [0.4, 0.5) is 0 Å². The van der Waals surface area contributed by atoms with Crippen LogP contribution in [0.5, 0.6) is 0 Å². The average molecular weight is 232 g/mol. The highest BCUT2D eigenvalue weighted by Crippen LogP contribution is 2.33. The Morgan fingerprint density at radius 2 is 2.18 bits per heavy atom. The van der Waals surface area contributed by atoms with Gasteiger partial charge in [0.2, 0.25) is 5.91 Å². The second kappa shape index (κ2) is 4.88. The molecule has 17 heavy (non-hydrogen) atoms. The van der Waals surface area contributed by atoms with Crippen LogP contribution in [0.25, 0.3) is 0 Å². The second-order valence-electron chi connectivity index (χ2n) is 4.83. The molecule has 1 aromatic carbocycles. The molecule has 2 rings (SSSR count). The molecule has 1 unspecified atom stereocenters. The molecule has 1 aliphatic heterocycles. The number of hydrogen-bond acceptors (Lipinski definition) is 2.